The Hall–Kier alpha value is -1.71. The van der Waals surface area contributed by atoms with Crippen molar-refractivity contribution < 1.29 is 14.3 Å². The molecule has 1 aromatic rings. The molecule has 0 aromatic heterocycles. The summed E-state index contributed by atoms with van der Waals surface area (Å²) in [5.41, 5.74) is 0.588. The maximum Gasteiger partial charge on any atom is 0.410 e. The van der Waals surface area contributed by atoms with E-state index in [2.05, 4.69) is 0 Å². The summed E-state index contributed by atoms with van der Waals surface area (Å²) in [5.74, 6) is 0.831. The first-order valence-corrected chi connectivity index (χ1v) is 7.55. The Bertz CT molecular complexity index is 493. The van der Waals surface area contributed by atoms with E-state index in [9.17, 15) is 4.79 Å². The predicted molar refractivity (Wildman–Crippen MR) is 82.5 cm³/mol. The van der Waals surface area contributed by atoms with Gasteiger partial charge in [-0.2, -0.15) is 0 Å². The zero-order valence-corrected chi connectivity index (χ0v) is 13.4. The molecule has 0 bridgehead atoms. The Morgan fingerprint density at radius 1 is 1.24 bits per heavy atom. The van der Waals surface area contributed by atoms with E-state index < -0.39 is 5.60 Å². The van der Waals surface area contributed by atoms with Crippen LogP contribution in [0.4, 0.5) is 4.79 Å². The molecule has 0 N–H and O–H groups in total. The minimum Gasteiger partial charge on any atom is -0.496 e. The van der Waals surface area contributed by atoms with Crippen LogP contribution in [-0.2, 0) is 4.74 Å². The van der Waals surface area contributed by atoms with E-state index in [0.29, 0.717) is 0 Å². The van der Waals surface area contributed by atoms with E-state index in [-0.39, 0.29) is 12.1 Å². The average Bonchev–Trinajstić information content (AvgIpc) is 2.45. The third-order valence-electron chi connectivity index (χ3n) is 3.63. The van der Waals surface area contributed by atoms with Gasteiger partial charge >= 0.3 is 6.09 Å². The van der Waals surface area contributed by atoms with Crippen molar-refractivity contribution in [1.82, 2.24) is 4.90 Å². The summed E-state index contributed by atoms with van der Waals surface area (Å²) in [6.45, 7) is 6.42. The highest BCUT2D eigenvalue weighted by atomic mass is 16.6. The van der Waals surface area contributed by atoms with Crippen molar-refractivity contribution in [3.05, 3.63) is 29.8 Å². The summed E-state index contributed by atoms with van der Waals surface area (Å²) in [6.07, 6.45) is 2.84. The molecule has 2 rings (SSSR count). The predicted octanol–water partition coefficient (Wildman–Crippen LogP) is 4.16. The number of methoxy groups -OCH3 is 1. The smallest absolute Gasteiger partial charge is 0.410 e. The highest BCUT2D eigenvalue weighted by Gasteiger charge is 2.32. The Labute approximate surface area is 127 Å². The number of amides is 1. The van der Waals surface area contributed by atoms with Gasteiger partial charge in [0.1, 0.15) is 11.4 Å². The van der Waals surface area contributed by atoms with Crippen LogP contribution < -0.4 is 4.74 Å². The van der Waals surface area contributed by atoms with Gasteiger partial charge in [0, 0.05) is 12.1 Å². The molecule has 1 fully saturated rings. The fourth-order valence-electron chi connectivity index (χ4n) is 2.74. The van der Waals surface area contributed by atoms with Gasteiger partial charge in [0.15, 0.2) is 0 Å². The van der Waals surface area contributed by atoms with Crippen LogP contribution in [0, 0.1) is 0 Å². The topological polar surface area (TPSA) is 38.8 Å². The molecule has 1 saturated heterocycles. The first-order chi connectivity index (χ1) is 9.92. The summed E-state index contributed by atoms with van der Waals surface area (Å²) in [7, 11) is 1.67. The fraction of sp³-hybridized carbons (Fsp3) is 0.588. The lowest BCUT2D eigenvalue weighted by Crippen LogP contribution is -2.41. The minimum absolute atomic E-state index is 0.0322. The van der Waals surface area contributed by atoms with Crippen LogP contribution in [0.15, 0.2) is 24.3 Å². The highest BCUT2D eigenvalue weighted by molar-refractivity contribution is 5.69. The molecule has 1 aliphatic heterocycles. The Morgan fingerprint density at radius 2 is 1.95 bits per heavy atom. The number of nitrogens with zero attached hydrogens (tertiary/aromatic N) is 1. The standard InChI is InChI=1S/C17H25NO3/c1-17(2,3)21-16(19)18-12-8-7-10-14(18)13-9-5-6-11-15(13)20-4/h5-6,9,11,14H,7-8,10,12H2,1-4H3/t14-/m0/s1. The van der Waals surface area contributed by atoms with E-state index in [0.717, 1.165) is 37.1 Å². The van der Waals surface area contributed by atoms with Crippen molar-refractivity contribution >= 4 is 6.09 Å². The van der Waals surface area contributed by atoms with Crippen molar-refractivity contribution in [3.63, 3.8) is 0 Å². The third-order valence-corrected chi connectivity index (χ3v) is 3.63. The molecule has 21 heavy (non-hydrogen) atoms. The maximum atomic E-state index is 12.5. The Kier molecular flexibility index (Phi) is 4.76. The molecule has 1 heterocycles. The van der Waals surface area contributed by atoms with E-state index in [4.69, 9.17) is 9.47 Å². The SMILES string of the molecule is COc1ccccc1[C@@H]1CCCCN1C(=O)OC(C)(C)C. The Balaban J connectivity index is 2.25. The van der Waals surface area contributed by atoms with Crippen LogP contribution >= 0.6 is 0 Å². The van der Waals surface area contributed by atoms with Gasteiger partial charge in [-0.25, -0.2) is 4.79 Å². The molecular formula is C17H25NO3. The number of hydrogen-bond acceptors (Lipinski definition) is 3. The molecule has 0 radical (unpaired) electrons. The van der Waals surface area contributed by atoms with Gasteiger partial charge in [-0.3, -0.25) is 0 Å². The van der Waals surface area contributed by atoms with Gasteiger partial charge in [-0.05, 0) is 46.1 Å². The van der Waals surface area contributed by atoms with Crippen molar-refractivity contribution in [1.29, 1.82) is 0 Å². The number of carbonyl (C=O) groups excluding carboxylic acids is 1. The second-order valence-electron chi connectivity index (χ2n) is 6.43. The number of para-hydroxylation sites is 1. The summed E-state index contributed by atoms with van der Waals surface area (Å²) in [4.78, 5) is 14.3. The van der Waals surface area contributed by atoms with E-state index in [1.807, 2.05) is 49.9 Å². The first-order valence-electron chi connectivity index (χ1n) is 7.55. The van der Waals surface area contributed by atoms with Gasteiger partial charge < -0.3 is 14.4 Å². The lowest BCUT2D eigenvalue weighted by Gasteiger charge is -2.37. The first kappa shape index (κ1) is 15.7. The van der Waals surface area contributed by atoms with Crippen molar-refractivity contribution in [2.24, 2.45) is 0 Å². The van der Waals surface area contributed by atoms with Crippen LogP contribution in [0.2, 0.25) is 0 Å². The summed E-state index contributed by atoms with van der Waals surface area (Å²) in [5, 5.41) is 0. The average molecular weight is 291 g/mol. The summed E-state index contributed by atoms with van der Waals surface area (Å²) in [6, 6.07) is 7.94. The number of rotatable bonds is 2. The molecule has 1 atom stereocenters. The molecule has 1 aromatic carbocycles. The summed E-state index contributed by atoms with van der Waals surface area (Å²) < 4.78 is 11.0. The van der Waals surface area contributed by atoms with Crippen LogP contribution in [0.5, 0.6) is 5.75 Å². The monoisotopic (exact) mass is 291 g/mol. The number of likely N-dealkylation sites (tertiary alicyclic amines) is 1. The van der Waals surface area contributed by atoms with Gasteiger partial charge in [-0.1, -0.05) is 18.2 Å². The molecule has 0 unspecified atom stereocenters. The van der Waals surface area contributed by atoms with Gasteiger partial charge in [-0.15, -0.1) is 0 Å². The van der Waals surface area contributed by atoms with Gasteiger partial charge in [0.05, 0.1) is 13.2 Å². The molecule has 4 heteroatoms. The Morgan fingerprint density at radius 3 is 2.62 bits per heavy atom. The van der Waals surface area contributed by atoms with Crippen molar-refractivity contribution in [2.45, 2.75) is 51.7 Å². The molecule has 1 amide bonds. The van der Waals surface area contributed by atoms with Crippen LogP contribution in [0.25, 0.3) is 0 Å². The van der Waals surface area contributed by atoms with Crippen molar-refractivity contribution in [2.75, 3.05) is 13.7 Å². The maximum absolute atomic E-state index is 12.5. The number of ether oxygens (including phenoxy) is 2. The molecule has 116 valence electrons. The quantitative estimate of drug-likeness (QED) is 0.821. The second-order valence-corrected chi connectivity index (χ2v) is 6.43. The normalized spacial score (nSPS) is 19.2. The highest BCUT2D eigenvalue weighted by Crippen LogP contribution is 2.36. The van der Waals surface area contributed by atoms with Crippen LogP contribution in [0.1, 0.15) is 51.6 Å². The minimum atomic E-state index is -0.472. The lowest BCUT2D eigenvalue weighted by molar-refractivity contribution is 0.00929. The molecule has 4 nitrogen and oxygen atoms in total. The second kappa shape index (κ2) is 6.37. The number of benzene rings is 1. The molecule has 0 aliphatic carbocycles. The van der Waals surface area contributed by atoms with Gasteiger partial charge in [0.25, 0.3) is 0 Å². The fourth-order valence-corrected chi connectivity index (χ4v) is 2.74. The molecule has 1 aliphatic rings. The van der Waals surface area contributed by atoms with Crippen LogP contribution in [-0.4, -0.2) is 30.2 Å². The zero-order valence-electron chi connectivity index (χ0n) is 13.4. The van der Waals surface area contributed by atoms with E-state index in [1.165, 1.54) is 0 Å². The van der Waals surface area contributed by atoms with E-state index >= 15 is 0 Å². The summed E-state index contributed by atoms with van der Waals surface area (Å²) >= 11 is 0. The zero-order chi connectivity index (χ0) is 15.5. The number of hydrogen-bond donors (Lipinski definition) is 0. The van der Waals surface area contributed by atoms with Gasteiger partial charge in [0.2, 0.25) is 0 Å². The number of carbonyl (C=O) groups is 1. The van der Waals surface area contributed by atoms with Crippen LogP contribution in [0.3, 0.4) is 0 Å². The molecule has 0 spiro atoms. The molecule has 0 saturated carbocycles. The number of piperidine rings is 1. The lowest BCUT2D eigenvalue weighted by atomic mass is 9.95. The molecular weight excluding hydrogens is 266 g/mol. The third kappa shape index (κ3) is 3.90. The van der Waals surface area contributed by atoms with E-state index in [1.54, 1.807) is 7.11 Å². The largest absolute Gasteiger partial charge is 0.496 e. The van der Waals surface area contributed by atoms with Crippen molar-refractivity contribution in [3.8, 4) is 5.75 Å².